The SMILES string of the molecule is C1CCC(/N=N/C2CCCCC2)CC1.O=[N+]([O-])O. The highest BCUT2D eigenvalue weighted by Gasteiger charge is 2.15. The molecule has 6 heteroatoms. The molecule has 0 spiro atoms. The lowest BCUT2D eigenvalue weighted by atomic mass is 9.95. The van der Waals surface area contributed by atoms with E-state index >= 15 is 0 Å². The van der Waals surface area contributed by atoms with E-state index in [4.69, 9.17) is 15.3 Å². The van der Waals surface area contributed by atoms with Crippen molar-refractivity contribution in [3.8, 4) is 0 Å². The van der Waals surface area contributed by atoms with Crippen LogP contribution in [-0.4, -0.2) is 22.4 Å². The molecule has 0 saturated heterocycles. The van der Waals surface area contributed by atoms with Crippen LogP contribution >= 0.6 is 0 Å². The maximum absolute atomic E-state index is 8.36. The Morgan fingerprint density at radius 3 is 1.39 bits per heavy atom. The van der Waals surface area contributed by atoms with Gasteiger partial charge in [0.2, 0.25) is 0 Å². The van der Waals surface area contributed by atoms with Gasteiger partial charge in [-0.2, -0.15) is 10.2 Å². The Bertz CT molecular complexity index is 235. The van der Waals surface area contributed by atoms with Gasteiger partial charge in [0.05, 0.1) is 12.1 Å². The number of hydrogen-bond donors (Lipinski definition) is 1. The van der Waals surface area contributed by atoms with E-state index in [-0.39, 0.29) is 0 Å². The molecule has 0 aromatic rings. The van der Waals surface area contributed by atoms with Crippen LogP contribution in [0.5, 0.6) is 0 Å². The number of nitrogens with zero attached hydrogens (tertiary/aromatic N) is 3. The van der Waals surface area contributed by atoms with Crippen LogP contribution in [0.25, 0.3) is 0 Å². The van der Waals surface area contributed by atoms with Crippen molar-refractivity contribution in [2.75, 3.05) is 0 Å². The van der Waals surface area contributed by atoms with Crippen molar-refractivity contribution in [1.29, 1.82) is 0 Å². The molecule has 0 heterocycles. The summed E-state index contributed by atoms with van der Waals surface area (Å²) in [5.74, 6) is 0. The molecule has 0 aromatic carbocycles. The van der Waals surface area contributed by atoms with E-state index in [2.05, 4.69) is 10.2 Å². The fraction of sp³-hybridized carbons (Fsp3) is 1.00. The van der Waals surface area contributed by atoms with Crippen LogP contribution in [0.1, 0.15) is 64.2 Å². The van der Waals surface area contributed by atoms with E-state index in [1.807, 2.05) is 0 Å². The summed E-state index contributed by atoms with van der Waals surface area (Å²) in [5, 5.41) is 22.7. The van der Waals surface area contributed by atoms with Crippen molar-refractivity contribution in [3.63, 3.8) is 0 Å². The zero-order valence-corrected chi connectivity index (χ0v) is 10.8. The first-order valence-electron chi connectivity index (χ1n) is 6.91. The summed E-state index contributed by atoms with van der Waals surface area (Å²) < 4.78 is 0. The molecule has 0 aliphatic heterocycles. The summed E-state index contributed by atoms with van der Waals surface area (Å²) in [7, 11) is 0. The van der Waals surface area contributed by atoms with Crippen LogP contribution in [0, 0.1) is 10.1 Å². The van der Waals surface area contributed by atoms with Gasteiger partial charge < -0.3 is 5.21 Å². The van der Waals surface area contributed by atoms with Crippen LogP contribution < -0.4 is 0 Å². The minimum Gasteiger partial charge on any atom is -0.328 e. The van der Waals surface area contributed by atoms with Crippen LogP contribution in [0.2, 0.25) is 0 Å². The van der Waals surface area contributed by atoms with Crippen LogP contribution in [0.15, 0.2) is 10.2 Å². The van der Waals surface area contributed by atoms with Gasteiger partial charge in [0.15, 0.2) is 0 Å². The Morgan fingerprint density at radius 2 is 1.11 bits per heavy atom. The van der Waals surface area contributed by atoms with Crippen molar-refractivity contribution in [1.82, 2.24) is 0 Å². The molecule has 0 unspecified atom stereocenters. The summed E-state index contributed by atoms with van der Waals surface area (Å²) in [4.78, 5) is 8.36. The van der Waals surface area contributed by atoms with E-state index in [0.717, 1.165) is 0 Å². The lowest BCUT2D eigenvalue weighted by Crippen LogP contribution is -2.12. The highest BCUT2D eigenvalue weighted by Crippen LogP contribution is 2.24. The molecule has 0 amide bonds. The quantitative estimate of drug-likeness (QED) is 0.464. The third-order valence-electron chi connectivity index (χ3n) is 3.54. The summed E-state index contributed by atoms with van der Waals surface area (Å²) in [6, 6.07) is 1.15. The van der Waals surface area contributed by atoms with Crippen LogP contribution in [0.3, 0.4) is 0 Å². The molecule has 2 aliphatic rings. The Balaban J connectivity index is 0.000000357. The second-order valence-corrected chi connectivity index (χ2v) is 5.05. The van der Waals surface area contributed by atoms with Gasteiger partial charge in [-0.25, -0.2) is 0 Å². The maximum atomic E-state index is 8.36. The Morgan fingerprint density at radius 1 is 0.833 bits per heavy atom. The normalized spacial score (nSPS) is 22.4. The average Bonchev–Trinajstić information content (AvgIpc) is 2.38. The molecule has 1 N–H and O–H groups in total. The summed E-state index contributed by atoms with van der Waals surface area (Å²) in [6.07, 6.45) is 13.5. The smallest absolute Gasteiger partial charge is 0.291 e. The molecule has 2 fully saturated rings. The summed E-state index contributed by atoms with van der Waals surface area (Å²) in [5.41, 5.74) is 0. The first-order valence-corrected chi connectivity index (χ1v) is 6.91. The second-order valence-electron chi connectivity index (χ2n) is 5.05. The van der Waals surface area contributed by atoms with E-state index in [0.29, 0.717) is 12.1 Å². The zero-order chi connectivity index (χ0) is 13.2. The number of azo groups is 1. The standard InChI is InChI=1S/C12H22N2.HNO3/c1-3-7-11(8-4-1)13-14-12-9-5-2-6-10-12;2-1(3)4/h11-12H,1-10H2;(H,2,3,4)/b14-13+;. The van der Waals surface area contributed by atoms with Gasteiger partial charge in [0.25, 0.3) is 5.09 Å². The van der Waals surface area contributed by atoms with Crippen molar-refractivity contribution in [3.05, 3.63) is 10.1 Å². The highest BCUT2D eigenvalue weighted by molar-refractivity contribution is 4.73. The zero-order valence-electron chi connectivity index (χ0n) is 10.8. The Labute approximate surface area is 108 Å². The summed E-state index contributed by atoms with van der Waals surface area (Å²) in [6.45, 7) is 0. The molecule has 2 saturated carbocycles. The van der Waals surface area contributed by atoms with Gasteiger partial charge in [-0.1, -0.05) is 38.5 Å². The number of hydrogen-bond acceptors (Lipinski definition) is 4. The number of rotatable bonds is 2. The Kier molecular flexibility index (Phi) is 7.29. The van der Waals surface area contributed by atoms with Gasteiger partial charge in [0.1, 0.15) is 0 Å². The lowest BCUT2D eigenvalue weighted by molar-refractivity contribution is -0.742. The largest absolute Gasteiger partial charge is 0.328 e. The molecule has 0 atom stereocenters. The van der Waals surface area contributed by atoms with Crippen molar-refractivity contribution in [2.24, 2.45) is 10.2 Å². The molecule has 6 nitrogen and oxygen atoms in total. The minimum absolute atomic E-state index is 0.575. The van der Waals surface area contributed by atoms with E-state index in [1.54, 1.807) is 0 Å². The molecule has 18 heavy (non-hydrogen) atoms. The predicted molar refractivity (Wildman–Crippen MR) is 67.4 cm³/mol. The monoisotopic (exact) mass is 257 g/mol. The van der Waals surface area contributed by atoms with Gasteiger partial charge in [-0.3, -0.25) is 0 Å². The van der Waals surface area contributed by atoms with E-state index < -0.39 is 5.09 Å². The second kappa shape index (κ2) is 8.83. The van der Waals surface area contributed by atoms with Crippen molar-refractivity contribution in [2.45, 2.75) is 76.3 Å². The third-order valence-corrected chi connectivity index (χ3v) is 3.54. The first-order chi connectivity index (χ1) is 8.68. The van der Waals surface area contributed by atoms with Gasteiger partial charge >= 0.3 is 0 Å². The fourth-order valence-corrected chi connectivity index (χ4v) is 2.58. The van der Waals surface area contributed by atoms with E-state index in [9.17, 15) is 0 Å². The molecule has 0 radical (unpaired) electrons. The topological polar surface area (TPSA) is 88.1 Å². The molecule has 2 rings (SSSR count). The van der Waals surface area contributed by atoms with E-state index in [1.165, 1.54) is 64.2 Å². The van der Waals surface area contributed by atoms with Gasteiger partial charge in [-0.05, 0) is 25.7 Å². The Hall–Kier alpha value is -1.20. The van der Waals surface area contributed by atoms with Gasteiger partial charge in [-0.15, -0.1) is 10.1 Å². The van der Waals surface area contributed by atoms with Crippen molar-refractivity contribution >= 4 is 0 Å². The first kappa shape index (κ1) is 14.9. The lowest BCUT2D eigenvalue weighted by Gasteiger charge is -2.19. The molecule has 0 aromatic heterocycles. The predicted octanol–water partition coefficient (Wildman–Crippen LogP) is 3.76. The highest BCUT2D eigenvalue weighted by atomic mass is 16.9. The van der Waals surface area contributed by atoms with Crippen LogP contribution in [-0.2, 0) is 0 Å². The summed E-state index contributed by atoms with van der Waals surface area (Å²) >= 11 is 0. The van der Waals surface area contributed by atoms with Crippen molar-refractivity contribution < 1.29 is 10.3 Å². The molecular formula is C12H23N3O3. The third kappa shape index (κ3) is 7.19. The molecular weight excluding hydrogens is 234 g/mol. The van der Waals surface area contributed by atoms with Gasteiger partial charge in [0, 0.05) is 0 Å². The molecule has 0 bridgehead atoms. The van der Waals surface area contributed by atoms with Crippen LogP contribution in [0.4, 0.5) is 0 Å². The fourth-order valence-electron chi connectivity index (χ4n) is 2.58. The minimum atomic E-state index is -1.50. The average molecular weight is 257 g/mol. The maximum Gasteiger partial charge on any atom is 0.291 e. The molecule has 104 valence electrons. The molecule has 2 aliphatic carbocycles.